The van der Waals surface area contributed by atoms with Crippen LogP contribution < -0.4 is 10.2 Å². The van der Waals surface area contributed by atoms with Crippen LogP contribution in [0.25, 0.3) is 11.4 Å². The molecule has 6 nitrogen and oxygen atoms in total. The molecular formula is C17H18N4O2. The molecule has 0 aliphatic carbocycles. The van der Waals surface area contributed by atoms with Crippen LogP contribution in [0, 0.1) is 0 Å². The summed E-state index contributed by atoms with van der Waals surface area (Å²) in [5, 5.41) is 2.85. The molecule has 4 rings (SSSR count). The van der Waals surface area contributed by atoms with Gasteiger partial charge in [0.15, 0.2) is 0 Å². The van der Waals surface area contributed by atoms with Crippen LogP contribution in [-0.2, 0) is 11.2 Å². The van der Waals surface area contributed by atoms with E-state index in [9.17, 15) is 9.59 Å². The predicted octanol–water partition coefficient (Wildman–Crippen LogP) is 1.88. The molecule has 0 saturated carbocycles. The van der Waals surface area contributed by atoms with Gasteiger partial charge >= 0.3 is 0 Å². The molecule has 1 aromatic heterocycles. The van der Waals surface area contributed by atoms with Crippen LogP contribution in [0.4, 0.5) is 5.69 Å². The van der Waals surface area contributed by atoms with E-state index in [1.165, 1.54) is 0 Å². The third-order valence-corrected chi connectivity index (χ3v) is 4.41. The number of anilines is 1. The van der Waals surface area contributed by atoms with Crippen molar-refractivity contribution in [2.24, 2.45) is 0 Å². The van der Waals surface area contributed by atoms with E-state index in [1.807, 2.05) is 29.2 Å². The Labute approximate surface area is 133 Å². The summed E-state index contributed by atoms with van der Waals surface area (Å²) in [6.07, 6.45) is 3.28. The van der Waals surface area contributed by atoms with Gasteiger partial charge in [0, 0.05) is 36.5 Å². The number of fused-ring (bicyclic) bond motifs is 1. The first kappa shape index (κ1) is 14.0. The van der Waals surface area contributed by atoms with Crippen LogP contribution in [0.1, 0.15) is 35.4 Å². The van der Waals surface area contributed by atoms with Gasteiger partial charge < -0.3 is 15.2 Å². The standard InChI is InChI=1S/C17H18N4O2/c22-14-4-2-10-21(14)12-7-5-11(6-8-12)16-19-13-3-1-9-18-17(23)15(13)20-16/h5-8H,1-4,9-10H2,(H,18,23)(H,19,20). The van der Waals surface area contributed by atoms with Gasteiger partial charge in [-0.1, -0.05) is 0 Å². The zero-order chi connectivity index (χ0) is 15.8. The van der Waals surface area contributed by atoms with Gasteiger partial charge in [-0.25, -0.2) is 4.98 Å². The molecule has 0 atom stereocenters. The van der Waals surface area contributed by atoms with Crippen molar-refractivity contribution in [2.45, 2.75) is 25.7 Å². The molecule has 2 aliphatic heterocycles. The van der Waals surface area contributed by atoms with Crippen molar-refractivity contribution in [2.75, 3.05) is 18.0 Å². The Balaban J connectivity index is 1.62. The van der Waals surface area contributed by atoms with Gasteiger partial charge in [-0.05, 0) is 43.5 Å². The average Bonchev–Trinajstić information content (AvgIpc) is 3.14. The fourth-order valence-electron chi connectivity index (χ4n) is 3.19. The van der Waals surface area contributed by atoms with E-state index in [-0.39, 0.29) is 11.8 Å². The van der Waals surface area contributed by atoms with Crippen LogP contribution in [0.2, 0.25) is 0 Å². The molecule has 0 spiro atoms. The maximum atomic E-state index is 12.0. The van der Waals surface area contributed by atoms with E-state index in [1.54, 1.807) is 0 Å². The molecule has 2 N–H and O–H groups in total. The number of nitrogens with zero attached hydrogens (tertiary/aromatic N) is 2. The van der Waals surface area contributed by atoms with E-state index < -0.39 is 0 Å². The molecule has 1 fully saturated rings. The molecule has 2 aromatic rings. The minimum absolute atomic E-state index is 0.112. The lowest BCUT2D eigenvalue weighted by Crippen LogP contribution is -2.23. The van der Waals surface area contributed by atoms with Crippen LogP contribution in [0.15, 0.2) is 24.3 Å². The van der Waals surface area contributed by atoms with E-state index >= 15 is 0 Å². The second-order valence-corrected chi connectivity index (χ2v) is 5.97. The summed E-state index contributed by atoms with van der Waals surface area (Å²) in [6, 6.07) is 7.76. The van der Waals surface area contributed by atoms with Gasteiger partial charge in [0.25, 0.3) is 5.91 Å². The summed E-state index contributed by atoms with van der Waals surface area (Å²) in [6.45, 7) is 1.48. The molecule has 2 aliphatic rings. The summed E-state index contributed by atoms with van der Waals surface area (Å²) >= 11 is 0. The van der Waals surface area contributed by atoms with Crippen molar-refractivity contribution in [1.82, 2.24) is 15.3 Å². The second-order valence-electron chi connectivity index (χ2n) is 5.97. The van der Waals surface area contributed by atoms with Gasteiger partial charge in [0.2, 0.25) is 5.91 Å². The normalized spacial score (nSPS) is 17.8. The summed E-state index contributed by atoms with van der Waals surface area (Å²) in [7, 11) is 0. The minimum Gasteiger partial charge on any atom is -0.351 e. The molecule has 3 heterocycles. The zero-order valence-corrected chi connectivity index (χ0v) is 12.8. The largest absolute Gasteiger partial charge is 0.351 e. The SMILES string of the molecule is O=C1NCCCc2[nH]c(-c3ccc(N4CCCC4=O)cc3)nc21. The van der Waals surface area contributed by atoms with Crippen LogP contribution in [0.5, 0.6) is 0 Å². The summed E-state index contributed by atoms with van der Waals surface area (Å²) in [5.74, 6) is 0.768. The number of carbonyl (C=O) groups is 2. The number of benzene rings is 1. The minimum atomic E-state index is -0.112. The highest BCUT2D eigenvalue weighted by Gasteiger charge is 2.23. The number of hydrogen-bond acceptors (Lipinski definition) is 3. The van der Waals surface area contributed by atoms with Crippen molar-refractivity contribution >= 4 is 17.5 Å². The van der Waals surface area contributed by atoms with Crippen molar-refractivity contribution in [3.63, 3.8) is 0 Å². The zero-order valence-electron chi connectivity index (χ0n) is 12.8. The lowest BCUT2D eigenvalue weighted by molar-refractivity contribution is -0.117. The number of aryl methyl sites for hydroxylation is 1. The quantitative estimate of drug-likeness (QED) is 0.889. The molecule has 2 amide bonds. The topological polar surface area (TPSA) is 78.1 Å². The van der Waals surface area contributed by atoms with Gasteiger partial charge in [0.1, 0.15) is 11.5 Å². The predicted molar refractivity (Wildman–Crippen MR) is 86.3 cm³/mol. The third kappa shape index (κ3) is 2.50. The van der Waals surface area contributed by atoms with Gasteiger partial charge in [-0.3, -0.25) is 9.59 Å². The van der Waals surface area contributed by atoms with Gasteiger partial charge in [0.05, 0.1) is 0 Å². The maximum absolute atomic E-state index is 12.0. The number of imidazole rings is 1. The number of aromatic amines is 1. The number of rotatable bonds is 2. The number of aromatic nitrogens is 2. The molecule has 1 aromatic carbocycles. The molecule has 0 bridgehead atoms. The first-order valence-corrected chi connectivity index (χ1v) is 8.00. The third-order valence-electron chi connectivity index (χ3n) is 4.41. The van der Waals surface area contributed by atoms with Crippen LogP contribution in [-0.4, -0.2) is 34.9 Å². The number of carbonyl (C=O) groups excluding carboxylic acids is 2. The van der Waals surface area contributed by atoms with E-state index in [4.69, 9.17) is 0 Å². The van der Waals surface area contributed by atoms with Crippen molar-refractivity contribution in [3.05, 3.63) is 35.7 Å². The molecule has 6 heteroatoms. The maximum Gasteiger partial charge on any atom is 0.271 e. The molecular weight excluding hydrogens is 292 g/mol. The number of nitrogens with one attached hydrogen (secondary N) is 2. The Morgan fingerprint density at radius 1 is 1.04 bits per heavy atom. The lowest BCUT2D eigenvalue weighted by Gasteiger charge is -2.15. The fraction of sp³-hybridized carbons (Fsp3) is 0.353. The first-order chi connectivity index (χ1) is 11.2. The molecule has 23 heavy (non-hydrogen) atoms. The Morgan fingerprint density at radius 2 is 1.87 bits per heavy atom. The molecule has 0 unspecified atom stereocenters. The van der Waals surface area contributed by atoms with E-state index in [0.717, 1.165) is 42.8 Å². The van der Waals surface area contributed by atoms with E-state index in [2.05, 4.69) is 15.3 Å². The van der Waals surface area contributed by atoms with Crippen molar-refractivity contribution < 1.29 is 9.59 Å². The smallest absolute Gasteiger partial charge is 0.271 e. The summed E-state index contributed by atoms with van der Waals surface area (Å²) in [4.78, 5) is 33.3. The first-order valence-electron chi connectivity index (χ1n) is 8.00. The van der Waals surface area contributed by atoms with Crippen molar-refractivity contribution in [1.29, 1.82) is 0 Å². The molecule has 1 saturated heterocycles. The second kappa shape index (κ2) is 5.53. The molecule has 118 valence electrons. The molecule has 0 radical (unpaired) electrons. The fourth-order valence-corrected chi connectivity index (χ4v) is 3.19. The Hall–Kier alpha value is -2.63. The Bertz CT molecular complexity index is 763. The summed E-state index contributed by atoms with van der Waals surface area (Å²) < 4.78 is 0. The Kier molecular flexibility index (Phi) is 3.37. The monoisotopic (exact) mass is 310 g/mol. The average molecular weight is 310 g/mol. The van der Waals surface area contributed by atoms with Crippen LogP contribution in [0.3, 0.4) is 0 Å². The number of H-pyrrole nitrogens is 1. The number of hydrogen-bond donors (Lipinski definition) is 2. The highest BCUT2D eigenvalue weighted by atomic mass is 16.2. The van der Waals surface area contributed by atoms with E-state index in [0.29, 0.717) is 24.5 Å². The van der Waals surface area contributed by atoms with Crippen molar-refractivity contribution in [3.8, 4) is 11.4 Å². The van der Waals surface area contributed by atoms with Gasteiger partial charge in [-0.2, -0.15) is 0 Å². The Morgan fingerprint density at radius 3 is 2.61 bits per heavy atom. The lowest BCUT2D eigenvalue weighted by atomic mass is 10.2. The highest BCUT2D eigenvalue weighted by Crippen LogP contribution is 2.26. The summed E-state index contributed by atoms with van der Waals surface area (Å²) in [5.41, 5.74) is 3.23. The van der Waals surface area contributed by atoms with Gasteiger partial charge in [-0.15, -0.1) is 0 Å². The highest BCUT2D eigenvalue weighted by molar-refractivity contribution is 5.96. The van der Waals surface area contributed by atoms with Crippen LogP contribution >= 0.6 is 0 Å². The number of amides is 2.